The molecule has 1 aliphatic carbocycles. The Morgan fingerprint density at radius 3 is 1.64 bits per heavy atom. The minimum Gasteiger partial charge on any atom is -0.332 e. The third-order valence-corrected chi connectivity index (χ3v) is 2.75. The zero-order valence-corrected chi connectivity index (χ0v) is 7.73. The molecular formula is C9H20BN. The highest BCUT2D eigenvalue weighted by Crippen LogP contribution is 2.20. The Kier molecular flexibility index (Phi) is 3.44. The molecule has 0 unspecified atom stereocenters. The van der Waals surface area contributed by atoms with E-state index in [2.05, 4.69) is 7.85 Å². The van der Waals surface area contributed by atoms with Gasteiger partial charge in [0.15, 0.2) is 0 Å². The molecule has 1 aliphatic rings. The Labute approximate surface area is 71.1 Å². The van der Waals surface area contributed by atoms with Crippen LogP contribution in [0.1, 0.15) is 51.4 Å². The summed E-state index contributed by atoms with van der Waals surface area (Å²) in [6.45, 7) is 0. The molecule has 0 radical (unpaired) electrons. The highest BCUT2D eigenvalue weighted by atomic mass is 14.7. The van der Waals surface area contributed by atoms with Crippen molar-refractivity contribution in [1.29, 1.82) is 0 Å². The zero-order valence-electron chi connectivity index (χ0n) is 7.73. The molecule has 0 aromatic heterocycles. The van der Waals surface area contributed by atoms with Crippen LogP contribution in [-0.4, -0.2) is 13.3 Å². The van der Waals surface area contributed by atoms with E-state index in [1.54, 1.807) is 0 Å². The quantitative estimate of drug-likeness (QED) is 0.523. The minimum absolute atomic E-state index is 0.143. The molecule has 0 aromatic rings. The van der Waals surface area contributed by atoms with Crippen molar-refractivity contribution in [1.82, 2.24) is 0 Å². The second-order valence-corrected chi connectivity index (χ2v) is 4.28. The van der Waals surface area contributed by atoms with E-state index in [0.717, 1.165) is 0 Å². The standard InChI is InChI=1S/C9H20BN/c10-9(11)7-5-3-1-2-4-6-8-9/h1-8,10-11H2. The van der Waals surface area contributed by atoms with Gasteiger partial charge in [0.2, 0.25) is 0 Å². The van der Waals surface area contributed by atoms with Crippen LogP contribution in [0.3, 0.4) is 0 Å². The van der Waals surface area contributed by atoms with Crippen molar-refractivity contribution in [2.75, 3.05) is 0 Å². The van der Waals surface area contributed by atoms with Crippen LogP contribution in [0.5, 0.6) is 0 Å². The summed E-state index contributed by atoms with van der Waals surface area (Å²) in [6, 6.07) is 0. The molecular weight excluding hydrogens is 133 g/mol. The second kappa shape index (κ2) is 4.15. The van der Waals surface area contributed by atoms with Crippen molar-refractivity contribution in [3.05, 3.63) is 0 Å². The Bertz CT molecular complexity index is 100. The van der Waals surface area contributed by atoms with Gasteiger partial charge in [-0.3, -0.25) is 0 Å². The van der Waals surface area contributed by atoms with E-state index in [4.69, 9.17) is 5.73 Å². The fourth-order valence-corrected chi connectivity index (χ4v) is 1.89. The van der Waals surface area contributed by atoms with E-state index in [9.17, 15) is 0 Å². The topological polar surface area (TPSA) is 26.0 Å². The van der Waals surface area contributed by atoms with E-state index in [-0.39, 0.29) is 5.44 Å². The highest BCUT2D eigenvalue weighted by molar-refractivity contribution is 6.15. The fourth-order valence-electron chi connectivity index (χ4n) is 1.89. The summed E-state index contributed by atoms with van der Waals surface area (Å²) in [5.41, 5.74) is 6.26. The van der Waals surface area contributed by atoms with Crippen molar-refractivity contribution >= 4 is 7.85 Å². The van der Waals surface area contributed by atoms with E-state index in [1.807, 2.05) is 0 Å². The van der Waals surface area contributed by atoms with Crippen molar-refractivity contribution in [3.8, 4) is 0 Å². The number of hydrogen-bond donors (Lipinski definition) is 1. The Hall–Kier alpha value is 0.0249. The highest BCUT2D eigenvalue weighted by Gasteiger charge is 2.17. The van der Waals surface area contributed by atoms with E-state index in [1.165, 1.54) is 51.4 Å². The smallest absolute Gasteiger partial charge is 0.127 e. The summed E-state index contributed by atoms with van der Waals surface area (Å²) in [5.74, 6) is 0. The maximum absolute atomic E-state index is 6.12. The van der Waals surface area contributed by atoms with Gasteiger partial charge >= 0.3 is 0 Å². The van der Waals surface area contributed by atoms with Crippen molar-refractivity contribution < 1.29 is 0 Å². The summed E-state index contributed by atoms with van der Waals surface area (Å²) < 4.78 is 0. The van der Waals surface area contributed by atoms with Crippen LogP contribution in [-0.2, 0) is 0 Å². The first kappa shape index (κ1) is 9.12. The summed E-state index contributed by atoms with van der Waals surface area (Å²) in [5, 5.41) is 0. The van der Waals surface area contributed by atoms with E-state index < -0.39 is 0 Å². The molecule has 0 amide bonds. The van der Waals surface area contributed by atoms with Crippen LogP contribution in [0.25, 0.3) is 0 Å². The van der Waals surface area contributed by atoms with Crippen LogP contribution in [0.4, 0.5) is 0 Å². The average Bonchev–Trinajstić information content (AvgIpc) is 2.00. The first-order chi connectivity index (χ1) is 5.21. The third-order valence-electron chi connectivity index (χ3n) is 2.75. The molecule has 0 heterocycles. The van der Waals surface area contributed by atoms with Gasteiger partial charge in [-0.2, -0.15) is 0 Å². The number of nitrogens with two attached hydrogens (primary N) is 1. The Morgan fingerprint density at radius 1 is 0.818 bits per heavy atom. The molecule has 1 rings (SSSR count). The van der Waals surface area contributed by atoms with Gasteiger partial charge in [-0.25, -0.2) is 0 Å². The van der Waals surface area contributed by atoms with Gasteiger partial charge in [-0.15, -0.1) is 0 Å². The largest absolute Gasteiger partial charge is 0.332 e. The lowest BCUT2D eigenvalue weighted by Gasteiger charge is -2.23. The summed E-state index contributed by atoms with van der Waals surface area (Å²) in [7, 11) is 2.21. The second-order valence-electron chi connectivity index (χ2n) is 4.28. The van der Waals surface area contributed by atoms with Gasteiger partial charge in [0.1, 0.15) is 7.85 Å². The van der Waals surface area contributed by atoms with Crippen molar-refractivity contribution in [3.63, 3.8) is 0 Å². The van der Waals surface area contributed by atoms with Crippen LogP contribution >= 0.6 is 0 Å². The summed E-state index contributed by atoms with van der Waals surface area (Å²) in [6.07, 6.45) is 10.8. The van der Waals surface area contributed by atoms with E-state index in [0.29, 0.717) is 0 Å². The van der Waals surface area contributed by atoms with Gasteiger partial charge < -0.3 is 5.73 Å². The summed E-state index contributed by atoms with van der Waals surface area (Å²) in [4.78, 5) is 0. The molecule has 0 aliphatic heterocycles. The maximum Gasteiger partial charge on any atom is 0.127 e. The molecule has 0 spiro atoms. The van der Waals surface area contributed by atoms with Crippen molar-refractivity contribution in [2.45, 2.75) is 56.8 Å². The molecule has 2 N–H and O–H groups in total. The SMILES string of the molecule is BC1(N)CCCCCCCC1. The number of rotatable bonds is 0. The van der Waals surface area contributed by atoms with Crippen molar-refractivity contribution in [2.24, 2.45) is 5.73 Å². The van der Waals surface area contributed by atoms with Crippen LogP contribution in [0.2, 0.25) is 0 Å². The van der Waals surface area contributed by atoms with Gasteiger partial charge in [0, 0.05) is 0 Å². The fraction of sp³-hybridized carbons (Fsp3) is 1.00. The minimum atomic E-state index is 0.143. The Morgan fingerprint density at radius 2 is 1.18 bits per heavy atom. The molecule has 0 atom stereocenters. The zero-order chi connectivity index (χ0) is 8.16. The molecule has 1 saturated carbocycles. The molecule has 64 valence electrons. The van der Waals surface area contributed by atoms with Gasteiger partial charge in [0.25, 0.3) is 0 Å². The third kappa shape index (κ3) is 3.81. The number of hydrogen-bond acceptors (Lipinski definition) is 1. The normalized spacial score (nSPS) is 26.6. The van der Waals surface area contributed by atoms with Gasteiger partial charge in [0.05, 0.1) is 0 Å². The van der Waals surface area contributed by atoms with E-state index >= 15 is 0 Å². The monoisotopic (exact) mass is 153 g/mol. The van der Waals surface area contributed by atoms with Crippen LogP contribution in [0.15, 0.2) is 0 Å². The molecule has 0 bridgehead atoms. The average molecular weight is 153 g/mol. The maximum atomic E-state index is 6.12. The summed E-state index contributed by atoms with van der Waals surface area (Å²) >= 11 is 0. The lowest BCUT2D eigenvalue weighted by atomic mass is 9.72. The van der Waals surface area contributed by atoms with Crippen LogP contribution < -0.4 is 5.73 Å². The molecule has 0 saturated heterocycles. The predicted octanol–water partition coefficient (Wildman–Crippen LogP) is 1.41. The first-order valence-corrected chi connectivity index (χ1v) is 5.00. The molecule has 1 fully saturated rings. The molecule has 2 heteroatoms. The lowest BCUT2D eigenvalue weighted by Crippen LogP contribution is -2.39. The molecule has 11 heavy (non-hydrogen) atoms. The first-order valence-electron chi connectivity index (χ1n) is 5.00. The predicted molar refractivity (Wildman–Crippen MR) is 52.4 cm³/mol. The van der Waals surface area contributed by atoms with Crippen LogP contribution in [0, 0.1) is 0 Å². The molecule has 0 aromatic carbocycles. The lowest BCUT2D eigenvalue weighted by molar-refractivity contribution is 0.478. The van der Waals surface area contributed by atoms with Gasteiger partial charge in [-0.05, 0) is 18.3 Å². The van der Waals surface area contributed by atoms with Gasteiger partial charge in [-0.1, -0.05) is 38.5 Å². The molecule has 1 nitrogen and oxygen atoms in total. The Balaban J connectivity index is 2.31.